The second-order valence-electron chi connectivity index (χ2n) is 3.41. The fourth-order valence-electron chi connectivity index (χ4n) is 0.885. The Morgan fingerprint density at radius 2 is 2.07 bits per heavy atom. The van der Waals surface area contributed by atoms with E-state index < -0.39 is 11.6 Å². The maximum absolute atomic E-state index is 10.7. The van der Waals surface area contributed by atoms with E-state index in [0.29, 0.717) is 5.75 Å². The molecule has 2 N–H and O–H groups in total. The highest BCUT2D eigenvalue weighted by Gasteiger charge is 2.29. The average Bonchev–Trinajstić information content (AvgIpc) is 2.02. The highest BCUT2D eigenvalue weighted by molar-refractivity contribution is 5.76. The number of carboxylic acid groups (broad SMARTS) is 1. The van der Waals surface area contributed by atoms with E-state index in [1.165, 1.54) is 26.0 Å². The van der Waals surface area contributed by atoms with E-state index in [1.54, 1.807) is 12.1 Å². The van der Waals surface area contributed by atoms with E-state index in [4.69, 9.17) is 14.9 Å². The van der Waals surface area contributed by atoms with Crippen molar-refractivity contribution in [2.75, 3.05) is 0 Å². The monoisotopic (exact) mass is 196 g/mol. The van der Waals surface area contributed by atoms with Crippen molar-refractivity contribution in [1.29, 1.82) is 0 Å². The molecule has 0 aromatic heterocycles. The van der Waals surface area contributed by atoms with E-state index in [-0.39, 0.29) is 5.75 Å². The van der Waals surface area contributed by atoms with E-state index in [9.17, 15) is 4.79 Å². The van der Waals surface area contributed by atoms with Gasteiger partial charge in [-0.3, -0.25) is 0 Å². The van der Waals surface area contributed by atoms with Gasteiger partial charge in [0.2, 0.25) is 0 Å². The Kier molecular flexibility index (Phi) is 2.65. The van der Waals surface area contributed by atoms with Gasteiger partial charge >= 0.3 is 5.97 Å². The lowest BCUT2D eigenvalue weighted by Crippen LogP contribution is -2.37. The molecule has 0 amide bonds. The minimum Gasteiger partial charge on any atom is -0.508 e. The normalized spacial score (nSPS) is 11.0. The first kappa shape index (κ1) is 10.4. The molecule has 0 saturated carbocycles. The summed E-state index contributed by atoms with van der Waals surface area (Å²) in [6.07, 6.45) is 0. The maximum Gasteiger partial charge on any atom is 0.347 e. The van der Waals surface area contributed by atoms with Crippen molar-refractivity contribution >= 4 is 5.97 Å². The van der Waals surface area contributed by atoms with E-state index >= 15 is 0 Å². The molecule has 1 aromatic rings. The van der Waals surface area contributed by atoms with Crippen LogP contribution in [0.5, 0.6) is 11.5 Å². The third kappa shape index (κ3) is 2.39. The molecule has 0 aliphatic rings. The molecule has 4 heteroatoms. The van der Waals surface area contributed by atoms with Crippen molar-refractivity contribution in [3.8, 4) is 11.5 Å². The number of hydrogen-bond donors (Lipinski definition) is 2. The number of rotatable bonds is 3. The minimum atomic E-state index is -1.30. The topological polar surface area (TPSA) is 66.8 Å². The third-order valence-corrected chi connectivity index (χ3v) is 1.71. The first-order valence-corrected chi connectivity index (χ1v) is 4.13. The van der Waals surface area contributed by atoms with Gasteiger partial charge < -0.3 is 14.9 Å². The second-order valence-corrected chi connectivity index (χ2v) is 3.41. The highest BCUT2D eigenvalue weighted by Crippen LogP contribution is 2.22. The van der Waals surface area contributed by atoms with Crippen LogP contribution >= 0.6 is 0 Å². The van der Waals surface area contributed by atoms with Gasteiger partial charge in [-0.15, -0.1) is 0 Å². The zero-order valence-electron chi connectivity index (χ0n) is 8.02. The van der Waals surface area contributed by atoms with Crippen molar-refractivity contribution in [3.63, 3.8) is 0 Å². The van der Waals surface area contributed by atoms with Crippen LogP contribution in [0.4, 0.5) is 0 Å². The number of benzene rings is 1. The maximum atomic E-state index is 10.7. The van der Waals surface area contributed by atoms with Crippen molar-refractivity contribution in [3.05, 3.63) is 24.3 Å². The molecule has 4 nitrogen and oxygen atoms in total. The Labute approximate surface area is 81.8 Å². The molecule has 0 aliphatic carbocycles. The predicted octanol–water partition coefficient (Wildman–Crippen LogP) is 1.63. The van der Waals surface area contributed by atoms with E-state index in [2.05, 4.69) is 0 Å². The smallest absolute Gasteiger partial charge is 0.347 e. The van der Waals surface area contributed by atoms with Gasteiger partial charge in [-0.1, -0.05) is 6.07 Å². The molecule has 1 rings (SSSR count). The van der Waals surface area contributed by atoms with Crippen molar-refractivity contribution < 1.29 is 19.7 Å². The van der Waals surface area contributed by atoms with Crippen LogP contribution in [0.25, 0.3) is 0 Å². The Balaban J connectivity index is 2.83. The number of phenols is 1. The van der Waals surface area contributed by atoms with Crippen LogP contribution < -0.4 is 4.74 Å². The average molecular weight is 196 g/mol. The molecule has 0 bridgehead atoms. The number of carboxylic acids is 1. The van der Waals surface area contributed by atoms with E-state index in [1.807, 2.05) is 0 Å². The first-order valence-electron chi connectivity index (χ1n) is 4.13. The summed E-state index contributed by atoms with van der Waals surface area (Å²) >= 11 is 0. The first-order chi connectivity index (χ1) is 6.42. The Morgan fingerprint density at radius 3 is 2.57 bits per heavy atom. The minimum absolute atomic E-state index is 0.0451. The van der Waals surface area contributed by atoms with E-state index in [0.717, 1.165) is 0 Å². The van der Waals surface area contributed by atoms with Crippen molar-refractivity contribution in [2.45, 2.75) is 19.4 Å². The number of aromatic hydroxyl groups is 1. The van der Waals surface area contributed by atoms with Crippen LogP contribution in [0.3, 0.4) is 0 Å². The fraction of sp³-hybridized carbons (Fsp3) is 0.300. The van der Waals surface area contributed by atoms with Gasteiger partial charge in [0.25, 0.3) is 0 Å². The van der Waals surface area contributed by atoms with Gasteiger partial charge in [-0.2, -0.15) is 0 Å². The summed E-state index contributed by atoms with van der Waals surface area (Å²) in [4.78, 5) is 10.7. The largest absolute Gasteiger partial charge is 0.508 e. The zero-order chi connectivity index (χ0) is 10.8. The summed E-state index contributed by atoms with van der Waals surface area (Å²) in [5, 5.41) is 17.9. The number of hydrogen-bond acceptors (Lipinski definition) is 3. The van der Waals surface area contributed by atoms with Crippen LogP contribution in [-0.2, 0) is 4.79 Å². The lowest BCUT2D eigenvalue weighted by atomic mass is 10.1. The summed E-state index contributed by atoms with van der Waals surface area (Å²) < 4.78 is 5.18. The van der Waals surface area contributed by atoms with Crippen LogP contribution in [0.2, 0.25) is 0 Å². The number of aliphatic carboxylic acids is 1. The molecule has 0 radical (unpaired) electrons. The fourth-order valence-corrected chi connectivity index (χ4v) is 0.885. The molecule has 76 valence electrons. The molecular weight excluding hydrogens is 184 g/mol. The summed E-state index contributed by atoms with van der Waals surface area (Å²) in [7, 11) is 0. The summed E-state index contributed by atoms with van der Waals surface area (Å²) in [6, 6.07) is 6.03. The predicted molar refractivity (Wildman–Crippen MR) is 50.4 cm³/mol. The summed E-state index contributed by atoms with van der Waals surface area (Å²) in [6.45, 7) is 2.89. The molecular formula is C10H12O4. The van der Waals surface area contributed by atoms with Crippen LogP contribution in [0.15, 0.2) is 24.3 Å². The quantitative estimate of drug-likeness (QED) is 0.771. The second kappa shape index (κ2) is 3.57. The molecule has 1 aromatic carbocycles. The van der Waals surface area contributed by atoms with Crippen LogP contribution in [-0.4, -0.2) is 21.8 Å². The van der Waals surface area contributed by atoms with Crippen molar-refractivity contribution in [1.82, 2.24) is 0 Å². The Morgan fingerprint density at radius 1 is 1.43 bits per heavy atom. The molecule has 0 aliphatic heterocycles. The number of phenolic OH excluding ortho intramolecular Hbond substituents is 1. The van der Waals surface area contributed by atoms with Crippen LogP contribution in [0, 0.1) is 0 Å². The molecule has 0 unspecified atom stereocenters. The Hall–Kier alpha value is -1.71. The van der Waals surface area contributed by atoms with Gasteiger partial charge in [-0.05, 0) is 26.0 Å². The van der Waals surface area contributed by atoms with Gasteiger partial charge in [0.05, 0.1) is 0 Å². The van der Waals surface area contributed by atoms with Gasteiger partial charge in [-0.25, -0.2) is 4.79 Å². The molecule has 0 spiro atoms. The Bertz CT molecular complexity index is 344. The molecule has 14 heavy (non-hydrogen) atoms. The standard InChI is InChI=1S/C10H12O4/c1-10(2,9(12)13)14-8-5-3-4-7(11)6-8/h3-6,11H,1-2H3,(H,12,13). The zero-order valence-corrected chi connectivity index (χ0v) is 8.02. The highest BCUT2D eigenvalue weighted by atomic mass is 16.5. The van der Waals surface area contributed by atoms with Gasteiger partial charge in [0.1, 0.15) is 11.5 Å². The van der Waals surface area contributed by atoms with Crippen molar-refractivity contribution in [2.24, 2.45) is 0 Å². The summed E-state index contributed by atoms with van der Waals surface area (Å²) in [5.41, 5.74) is -1.30. The molecule has 0 atom stereocenters. The number of ether oxygens (including phenoxy) is 1. The molecule has 0 saturated heterocycles. The molecule has 0 heterocycles. The lowest BCUT2D eigenvalue weighted by Gasteiger charge is -2.21. The lowest BCUT2D eigenvalue weighted by molar-refractivity contribution is -0.152. The SMILES string of the molecule is CC(C)(Oc1cccc(O)c1)C(=O)O. The third-order valence-electron chi connectivity index (χ3n) is 1.71. The summed E-state index contributed by atoms with van der Waals surface area (Å²) in [5.74, 6) is -0.679. The van der Waals surface area contributed by atoms with Gasteiger partial charge in [0, 0.05) is 6.07 Å². The number of carbonyl (C=O) groups is 1. The molecule has 0 fully saturated rings. The van der Waals surface area contributed by atoms with Gasteiger partial charge in [0.15, 0.2) is 5.60 Å². The van der Waals surface area contributed by atoms with Crippen LogP contribution in [0.1, 0.15) is 13.8 Å².